The summed E-state index contributed by atoms with van der Waals surface area (Å²) in [6, 6.07) is 18.9. The van der Waals surface area contributed by atoms with E-state index in [1.54, 1.807) is 0 Å². The second-order valence-corrected chi connectivity index (χ2v) is 7.69. The van der Waals surface area contributed by atoms with Crippen molar-refractivity contribution in [3.8, 4) is 0 Å². The van der Waals surface area contributed by atoms with Crippen LogP contribution in [0.2, 0.25) is 0 Å². The summed E-state index contributed by atoms with van der Waals surface area (Å²) in [5.74, 6) is 0. The van der Waals surface area contributed by atoms with E-state index < -0.39 is 0 Å². The lowest BCUT2D eigenvalue weighted by Gasteiger charge is -2.36. The highest BCUT2D eigenvalue weighted by atomic mass is 16.5. The second kappa shape index (κ2) is 9.29. The highest BCUT2D eigenvalue weighted by Crippen LogP contribution is 2.23. The first kappa shape index (κ1) is 19.7. The number of para-hydroxylation sites is 1. The second-order valence-electron chi connectivity index (χ2n) is 7.69. The predicted molar refractivity (Wildman–Crippen MR) is 116 cm³/mol. The zero-order chi connectivity index (χ0) is 20.1. The molecule has 2 fully saturated rings. The molecule has 2 aromatic carbocycles. The number of ether oxygens (including phenoxy) is 1. The minimum atomic E-state index is -0.0216. The van der Waals surface area contributed by atoms with Gasteiger partial charge in [0, 0.05) is 56.7 Å². The van der Waals surface area contributed by atoms with Gasteiger partial charge in [-0.1, -0.05) is 30.3 Å². The van der Waals surface area contributed by atoms with Crippen molar-refractivity contribution in [3.05, 3.63) is 60.2 Å². The van der Waals surface area contributed by atoms with E-state index in [1.807, 2.05) is 23.1 Å². The van der Waals surface area contributed by atoms with Crippen LogP contribution in [0, 0.1) is 0 Å². The summed E-state index contributed by atoms with van der Waals surface area (Å²) in [5.41, 5.74) is 3.33. The third kappa shape index (κ3) is 4.89. The Morgan fingerprint density at radius 3 is 2.21 bits per heavy atom. The fourth-order valence-electron chi connectivity index (χ4n) is 4.03. The lowest BCUT2D eigenvalue weighted by atomic mass is 10.1. The molecule has 4 rings (SSSR count). The van der Waals surface area contributed by atoms with Crippen molar-refractivity contribution in [2.24, 2.45) is 0 Å². The van der Waals surface area contributed by atoms with Gasteiger partial charge in [-0.25, -0.2) is 4.79 Å². The first-order valence-corrected chi connectivity index (χ1v) is 10.5. The standard InChI is InChI=1S/C23H30N4O2/c1-19(25-15-17-29-18-16-25)20-7-9-21(10-8-20)24-23(28)27-13-11-26(12-14-27)22-5-3-2-4-6-22/h2-10,19H,11-18H2,1H3,(H,24,28). The number of rotatable bonds is 4. The fraction of sp³-hybridized carbons (Fsp3) is 0.435. The number of hydrogen-bond acceptors (Lipinski definition) is 4. The fourth-order valence-corrected chi connectivity index (χ4v) is 4.03. The monoisotopic (exact) mass is 394 g/mol. The number of carbonyl (C=O) groups excluding carboxylic acids is 1. The molecule has 1 unspecified atom stereocenters. The van der Waals surface area contributed by atoms with Gasteiger partial charge in [0.2, 0.25) is 0 Å². The first-order valence-electron chi connectivity index (χ1n) is 10.5. The van der Waals surface area contributed by atoms with Crippen molar-refractivity contribution in [2.45, 2.75) is 13.0 Å². The van der Waals surface area contributed by atoms with Crippen LogP contribution in [0.5, 0.6) is 0 Å². The Labute approximate surface area is 173 Å². The maximum atomic E-state index is 12.7. The molecule has 29 heavy (non-hydrogen) atoms. The van der Waals surface area contributed by atoms with Crippen molar-refractivity contribution in [2.75, 3.05) is 62.7 Å². The van der Waals surface area contributed by atoms with Crippen LogP contribution >= 0.6 is 0 Å². The number of urea groups is 1. The highest BCUT2D eigenvalue weighted by molar-refractivity contribution is 5.89. The topological polar surface area (TPSA) is 48.1 Å². The number of carbonyl (C=O) groups is 1. The summed E-state index contributed by atoms with van der Waals surface area (Å²) in [5, 5.41) is 3.05. The van der Waals surface area contributed by atoms with Gasteiger partial charge < -0.3 is 19.9 Å². The zero-order valence-corrected chi connectivity index (χ0v) is 17.1. The molecule has 0 bridgehead atoms. The van der Waals surface area contributed by atoms with Crippen LogP contribution in [-0.2, 0) is 4.74 Å². The number of benzene rings is 2. The molecule has 2 aliphatic rings. The van der Waals surface area contributed by atoms with Gasteiger partial charge in [-0.3, -0.25) is 4.90 Å². The molecule has 2 aromatic rings. The number of nitrogens with zero attached hydrogens (tertiary/aromatic N) is 3. The van der Waals surface area contributed by atoms with Gasteiger partial charge in [-0.05, 0) is 36.8 Å². The van der Waals surface area contributed by atoms with Gasteiger partial charge in [0.15, 0.2) is 0 Å². The van der Waals surface area contributed by atoms with E-state index in [-0.39, 0.29) is 6.03 Å². The molecule has 6 heteroatoms. The van der Waals surface area contributed by atoms with Gasteiger partial charge in [0.25, 0.3) is 0 Å². The van der Waals surface area contributed by atoms with E-state index in [9.17, 15) is 4.79 Å². The van der Waals surface area contributed by atoms with Crippen molar-refractivity contribution in [1.82, 2.24) is 9.80 Å². The minimum Gasteiger partial charge on any atom is -0.379 e. The van der Waals surface area contributed by atoms with Crippen LogP contribution in [0.1, 0.15) is 18.5 Å². The molecule has 2 amide bonds. The Morgan fingerprint density at radius 2 is 1.55 bits per heavy atom. The molecule has 2 saturated heterocycles. The van der Waals surface area contributed by atoms with Crippen LogP contribution in [0.3, 0.4) is 0 Å². The number of morpholine rings is 1. The Kier molecular flexibility index (Phi) is 6.32. The summed E-state index contributed by atoms with van der Waals surface area (Å²) >= 11 is 0. The van der Waals surface area contributed by atoms with Crippen molar-refractivity contribution >= 4 is 17.4 Å². The number of nitrogens with one attached hydrogen (secondary N) is 1. The van der Waals surface area contributed by atoms with Gasteiger partial charge in [0.05, 0.1) is 13.2 Å². The highest BCUT2D eigenvalue weighted by Gasteiger charge is 2.22. The van der Waals surface area contributed by atoms with Crippen molar-refractivity contribution in [3.63, 3.8) is 0 Å². The number of anilines is 2. The number of hydrogen-bond donors (Lipinski definition) is 1. The Bertz CT molecular complexity index is 782. The molecule has 1 atom stereocenters. The SMILES string of the molecule is CC(c1ccc(NC(=O)N2CCN(c3ccccc3)CC2)cc1)N1CCOCC1. The molecule has 0 aromatic heterocycles. The average molecular weight is 395 g/mol. The summed E-state index contributed by atoms with van der Waals surface area (Å²) in [4.78, 5) is 19.3. The van der Waals surface area contributed by atoms with Crippen LogP contribution in [-0.4, -0.2) is 68.3 Å². The third-order valence-corrected chi connectivity index (χ3v) is 5.93. The average Bonchev–Trinajstić information content (AvgIpc) is 2.80. The van der Waals surface area contributed by atoms with E-state index in [0.29, 0.717) is 6.04 Å². The van der Waals surface area contributed by atoms with Gasteiger partial charge >= 0.3 is 6.03 Å². The van der Waals surface area contributed by atoms with Gasteiger partial charge in [-0.2, -0.15) is 0 Å². The lowest BCUT2D eigenvalue weighted by Crippen LogP contribution is -2.50. The quantitative estimate of drug-likeness (QED) is 0.863. The zero-order valence-electron chi connectivity index (χ0n) is 17.1. The molecule has 0 radical (unpaired) electrons. The van der Waals surface area contributed by atoms with E-state index in [4.69, 9.17) is 4.74 Å². The molecule has 6 nitrogen and oxygen atoms in total. The molecule has 0 aliphatic carbocycles. The molecular formula is C23H30N4O2. The normalized spacial score (nSPS) is 19.1. The molecule has 0 saturated carbocycles. The van der Waals surface area contributed by atoms with Crippen molar-refractivity contribution < 1.29 is 9.53 Å². The molecule has 2 aliphatic heterocycles. The smallest absolute Gasteiger partial charge is 0.321 e. The van der Waals surface area contributed by atoms with Crippen molar-refractivity contribution in [1.29, 1.82) is 0 Å². The van der Waals surface area contributed by atoms with Gasteiger partial charge in [0.1, 0.15) is 0 Å². The van der Waals surface area contributed by atoms with Crippen LogP contribution in [0.4, 0.5) is 16.2 Å². The van der Waals surface area contributed by atoms with E-state index in [2.05, 4.69) is 58.4 Å². The van der Waals surface area contributed by atoms with Gasteiger partial charge in [-0.15, -0.1) is 0 Å². The van der Waals surface area contributed by atoms with Crippen LogP contribution in [0.15, 0.2) is 54.6 Å². The Morgan fingerprint density at radius 1 is 0.897 bits per heavy atom. The molecule has 0 spiro atoms. The first-order chi connectivity index (χ1) is 14.2. The summed E-state index contributed by atoms with van der Waals surface area (Å²) < 4.78 is 5.44. The summed E-state index contributed by atoms with van der Waals surface area (Å²) in [6.07, 6.45) is 0. The van der Waals surface area contributed by atoms with E-state index >= 15 is 0 Å². The van der Waals surface area contributed by atoms with E-state index in [0.717, 1.165) is 58.2 Å². The Hall–Kier alpha value is -2.57. The molecule has 2 heterocycles. The predicted octanol–water partition coefficient (Wildman–Crippen LogP) is 3.43. The summed E-state index contributed by atoms with van der Waals surface area (Å²) in [6.45, 7) is 8.93. The third-order valence-electron chi connectivity index (χ3n) is 5.93. The number of piperazine rings is 1. The maximum Gasteiger partial charge on any atom is 0.321 e. The van der Waals surface area contributed by atoms with Crippen LogP contribution < -0.4 is 10.2 Å². The molecule has 154 valence electrons. The minimum absolute atomic E-state index is 0.0216. The Balaban J connectivity index is 1.28. The van der Waals surface area contributed by atoms with Crippen LogP contribution in [0.25, 0.3) is 0 Å². The summed E-state index contributed by atoms with van der Waals surface area (Å²) in [7, 11) is 0. The molecular weight excluding hydrogens is 364 g/mol. The molecule has 1 N–H and O–H groups in total. The lowest BCUT2D eigenvalue weighted by molar-refractivity contribution is 0.0198. The maximum absolute atomic E-state index is 12.7. The number of amides is 2. The van der Waals surface area contributed by atoms with E-state index in [1.165, 1.54) is 11.3 Å². The largest absolute Gasteiger partial charge is 0.379 e.